The quantitative estimate of drug-likeness (QED) is 0.197. The van der Waals surface area contributed by atoms with E-state index in [2.05, 4.69) is 4.98 Å². The molecular formula is C25H16Cl2N2O4. The van der Waals surface area contributed by atoms with Crippen LogP contribution in [-0.4, -0.2) is 26.9 Å². The number of amides is 1. The standard InChI is InChI=1S/C25H16Cl2N2O4/c26-16-10-9-13(11-17(16)27)23(31)21-22(15-12-28-18-6-2-1-5-14(15)18)29(25(33)24(21)32)19-7-3-4-8-20(19)30/h1-12,22,28,30-31H/b23-21+. The number of Topliss-reactive ketones (excluding diaryl/α,β-unsaturated/α-hetero) is 1. The molecule has 3 N–H and O–H groups in total. The predicted molar refractivity (Wildman–Crippen MR) is 128 cm³/mol. The molecule has 4 aromatic rings. The van der Waals surface area contributed by atoms with Crippen LogP contribution in [0.25, 0.3) is 16.7 Å². The number of para-hydroxylation sites is 3. The summed E-state index contributed by atoms with van der Waals surface area (Å²) in [5.41, 5.74) is 1.67. The number of phenolic OH excluding ortho intramolecular Hbond substituents is 1. The number of hydrogen-bond acceptors (Lipinski definition) is 4. The third-order valence-corrected chi connectivity index (χ3v) is 6.43. The number of hydrogen-bond donors (Lipinski definition) is 3. The number of anilines is 1. The average Bonchev–Trinajstić information content (AvgIpc) is 3.34. The number of aromatic amines is 1. The second kappa shape index (κ2) is 7.99. The monoisotopic (exact) mass is 478 g/mol. The van der Waals surface area contributed by atoms with Crippen LogP contribution in [0.3, 0.4) is 0 Å². The Labute approximate surface area is 198 Å². The lowest BCUT2D eigenvalue weighted by atomic mass is 9.94. The molecule has 0 bridgehead atoms. The Hall–Kier alpha value is -3.74. The van der Waals surface area contributed by atoms with Crippen molar-refractivity contribution in [3.63, 3.8) is 0 Å². The summed E-state index contributed by atoms with van der Waals surface area (Å²) in [6.07, 6.45) is 1.69. The molecule has 1 unspecified atom stereocenters. The summed E-state index contributed by atoms with van der Waals surface area (Å²) < 4.78 is 0. The van der Waals surface area contributed by atoms with Crippen LogP contribution >= 0.6 is 23.2 Å². The molecule has 1 amide bonds. The first-order chi connectivity index (χ1) is 15.9. The summed E-state index contributed by atoms with van der Waals surface area (Å²) in [4.78, 5) is 30.8. The van der Waals surface area contributed by atoms with Crippen molar-refractivity contribution in [3.8, 4) is 5.75 Å². The number of halogens is 2. The third kappa shape index (κ3) is 3.35. The van der Waals surface area contributed by atoms with Gasteiger partial charge in [-0.15, -0.1) is 0 Å². The Kier molecular flexibility index (Phi) is 5.12. The number of nitrogens with zero attached hydrogens (tertiary/aromatic N) is 1. The summed E-state index contributed by atoms with van der Waals surface area (Å²) in [5.74, 6) is -2.30. The van der Waals surface area contributed by atoms with E-state index in [4.69, 9.17) is 23.2 Å². The van der Waals surface area contributed by atoms with Crippen LogP contribution in [0, 0.1) is 0 Å². The molecule has 1 atom stereocenters. The molecule has 164 valence electrons. The van der Waals surface area contributed by atoms with Crippen LogP contribution in [0.15, 0.2) is 78.5 Å². The first-order valence-corrected chi connectivity index (χ1v) is 10.7. The van der Waals surface area contributed by atoms with Crippen molar-refractivity contribution >= 4 is 57.2 Å². The fraction of sp³-hybridized carbons (Fsp3) is 0.0400. The number of aliphatic hydroxyl groups is 1. The van der Waals surface area contributed by atoms with Crippen molar-refractivity contribution in [1.82, 2.24) is 4.98 Å². The van der Waals surface area contributed by atoms with E-state index in [9.17, 15) is 19.8 Å². The van der Waals surface area contributed by atoms with Crippen molar-refractivity contribution in [2.45, 2.75) is 6.04 Å². The largest absolute Gasteiger partial charge is 0.507 e. The van der Waals surface area contributed by atoms with E-state index in [1.807, 2.05) is 24.3 Å². The van der Waals surface area contributed by atoms with E-state index in [0.717, 1.165) is 10.9 Å². The number of nitrogens with one attached hydrogen (secondary N) is 1. The molecule has 0 spiro atoms. The molecule has 0 radical (unpaired) electrons. The number of aliphatic hydroxyl groups excluding tert-OH is 1. The van der Waals surface area contributed by atoms with Gasteiger partial charge in [0.15, 0.2) is 0 Å². The summed E-state index contributed by atoms with van der Waals surface area (Å²) in [6.45, 7) is 0. The SMILES string of the molecule is O=C1C(=O)N(c2ccccc2O)C(c2c[nH]c3ccccc23)/C1=C(\O)c1ccc(Cl)c(Cl)c1. The highest BCUT2D eigenvalue weighted by Gasteiger charge is 2.48. The molecule has 8 heteroatoms. The van der Waals surface area contributed by atoms with Crippen LogP contribution in [0.1, 0.15) is 17.2 Å². The van der Waals surface area contributed by atoms with Crippen LogP contribution in [0.4, 0.5) is 5.69 Å². The zero-order valence-corrected chi connectivity index (χ0v) is 18.4. The van der Waals surface area contributed by atoms with E-state index in [1.54, 1.807) is 24.4 Å². The lowest BCUT2D eigenvalue weighted by Gasteiger charge is -2.25. The molecule has 6 nitrogen and oxygen atoms in total. The predicted octanol–water partition coefficient (Wildman–Crippen LogP) is 5.81. The number of fused-ring (bicyclic) bond motifs is 1. The van der Waals surface area contributed by atoms with Crippen molar-refractivity contribution < 1.29 is 19.8 Å². The van der Waals surface area contributed by atoms with Gasteiger partial charge in [0.05, 0.1) is 27.3 Å². The summed E-state index contributed by atoms with van der Waals surface area (Å²) in [5, 5.41) is 22.9. The molecule has 1 fully saturated rings. The van der Waals surface area contributed by atoms with Crippen molar-refractivity contribution in [2.75, 3.05) is 4.90 Å². The molecular weight excluding hydrogens is 463 g/mol. The first kappa shape index (κ1) is 21.1. The van der Waals surface area contributed by atoms with Crippen LogP contribution in [0.2, 0.25) is 10.0 Å². The number of H-pyrrole nitrogens is 1. The lowest BCUT2D eigenvalue weighted by Crippen LogP contribution is -2.29. The summed E-state index contributed by atoms with van der Waals surface area (Å²) in [6, 6.07) is 17.1. The van der Waals surface area contributed by atoms with Gasteiger partial charge in [0, 0.05) is 28.2 Å². The van der Waals surface area contributed by atoms with Crippen LogP contribution in [-0.2, 0) is 9.59 Å². The Balaban J connectivity index is 1.80. The molecule has 5 rings (SSSR count). The summed E-state index contributed by atoms with van der Waals surface area (Å²) >= 11 is 12.1. The smallest absolute Gasteiger partial charge is 0.300 e. The van der Waals surface area contributed by atoms with Gasteiger partial charge < -0.3 is 15.2 Å². The Bertz CT molecular complexity index is 1470. The van der Waals surface area contributed by atoms with E-state index in [0.29, 0.717) is 5.56 Å². The van der Waals surface area contributed by atoms with E-state index in [-0.39, 0.29) is 38.4 Å². The maximum absolute atomic E-state index is 13.2. The zero-order valence-electron chi connectivity index (χ0n) is 16.9. The Morgan fingerprint density at radius 3 is 2.42 bits per heavy atom. The maximum atomic E-state index is 13.2. The summed E-state index contributed by atoms with van der Waals surface area (Å²) in [7, 11) is 0. The average molecular weight is 479 g/mol. The fourth-order valence-corrected chi connectivity index (χ4v) is 4.46. The van der Waals surface area contributed by atoms with Crippen molar-refractivity contribution in [2.24, 2.45) is 0 Å². The molecule has 0 saturated carbocycles. The molecule has 0 aliphatic carbocycles. The number of phenols is 1. The van der Waals surface area contributed by atoms with Gasteiger partial charge in [0.25, 0.3) is 11.7 Å². The highest BCUT2D eigenvalue weighted by molar-refractivity contribution is 6.52. The van der Waals surface area contributed by atoms with Gasteiger partial charge in [-0.1, -0.05) is 53.5 Å². The topological polar surface area (TPSA) is 93.6 Å². The Morgan fingerprint density at radius 1 is 0.939 bits per heavy atom. The van der Waals surface area contributed by atoms with Gasteiger partial charge in [-0.05, 0) is 36.4 Å². The molecule has 1 aliphatic rings. The minimum atomic E-state index is -0.996. The van der Waals surface area contributed by atoms with Gasteiger partial charge in [0.2, 0.25) is 0 Å². The molecule has 1 saturated heterocycles. The van der Waals surface area contributed by atoms with Gasteiger partial charge >= 0.3 is 0 Å². The van der Waals surface area contributed by atoms with E-state index >= 15 is 0 Å². The number of rotatable bonds is 3. The Morgan fingerprint density at radius 2 is 1.67 bits per heavy atom. The second-order valence-corrected chi connectivity index (χ2v) is 8.39. The number of aromatic hydroxyl groups is 1. The number of ketones is 1. The van der Waals surface area contributed by atoms with Crippen molar-refractivity contribution in [1.29, 1.82) is 0 Å². The van der Waals surface area contributed by atoms with Gasteiger partial charge in [-0.25, -0.2) is 0 Å². The molecule has 1 aliphatic heterocycles. The van der Waals surface area contributed by atoms with Gasteiger partial charge in [-0.3, -0.25) is 14.5 Å². The molecule has 2 heterocycles. The number of aromatic nitrogens is 1. The molecule has 33 heavy (non-hydrogen) atoms. The minimum absolute atomic E-state index is 0.119. The number of benzene rings is 3. The lowest BCUT2D eigenvalue weighted by molar-refractivity contribution is -0.132. The van der Waals surface area contributed by atoms with E-state index < -0.39 is 17.7 Å². The zero-order chi connectivity index (χ0) is 23.3. The van der Waals surface area contributed by atoms with Crippen LogP contribution < -0.4 is 4.90 Å². The third-order valence-electron chi connectivity index (χ3n) is 5.69. The van der Waals surface area contributed by atoms with Crippen LogP contribution in [0.5, 0.6) is 5.75 Å². The van der Waals surface area contributed by atoms with Gasteiger partial charge in [0.1, 0.15) is 11.5 Å². The highest BCUT2D eigenvalue weighted by Crippen LogP contribution is 2.46. The minimum Gasteiger partial charge on any atom is -0.507 e. The van der Waals surface area contributed by atoms with Gasteiger partial charge in [-0.2, -0.15) is 0 Å². The molecule has 3 aromatic carbocycles. The van der Waals surface area contributed by atoms with Crippen molar-refractivity contribution in [3.05, 3.63) is 99.7 Å². The molecule has 1 aromatic heterocycles. The van der Waals surface area contributed by atoms with E-state index in [1.165, 1.54) is 29.2 Å². The normalized spacial score (nSPS) is 17.8. The number of carbonyl (C=O) groups is 2. The second-order valence-electron chi connectivity index (χ2n) is 7.58. The number of carbonyl (C=O) groups excluding carboxylic acids is 2. The maximum Gasteiger partial charge on any atom is 0.300 e. The first-order valence-electron chi connectivity index (χ1n) is 9.99. The highest BCUT2D eigenvalue weighted by atomic mass is 35.5. The fourth-order valence-electron chi connectivity index (χ4n) is 4.16.